The first-order valence-corrected chi connectivity index (χ1v) is 10.5. The maximum atomic E-state index is 12.4. The number of nitrogens with one attached hydrogen (secondary N) is 1. The Labute approximate surface area is 198 Å². The molecular weight excluding hydrogens is 500 g/mol. The van der Waals surface area contributed by atoms with Crippen LogP contribution < -0.4 is 19.6 Å². The van der Waals surface area contributed by atoms with Gasteiger partial charge in [0.2, 0.25) is 0 Å². The molecule has 0 fully saturated rings. The summed E-state index contributed by atoms with van der Waals surface area (Å²) in [5.41, 5.74) is 3.24. The first-order chi connectivity index (χ1) is 15.5. The van der Waals surface area contributed by atoms with Gasteiger partial charge >= 0.3 is 5.97 Å². The largest absolute Gasteiger partial charge is 0.493 e. The average molecular weight is 518 g/mol. The monoisotopic (exact) mass is 516 g/mol. The van der Waals surface area contributed by atoms with Gasteiger partial charge in [-0.25, -0.2) is 10.2 Å². The minimum atomic E-state index is -0.603. The first kappa shape index (κ1) is 23.3. The van der Waals surface area contributed by atoms with Crippen molar-refractivity contribution in [2.24, 2.45) is 5.10 Å². The lowest BCUT2D eigenvalue weighted by Crippen LogP contribution is -2.24. The van der Waals surface area contributed by atoms with Gasteiger partial charge in [-0.15, -0.1) is 0 Å². The van der Waals surface area contributed by atoms with E-state index >= 15 is 0 Å². The van der Waals surface area contributed by atoms with Crippen LogP contribution in [0.25, 0.3) is 0 Å². The molecule has 0 aliphatic heterocycles. The van der Waals surface area contributed by atoms with Crippen LogP contribution in [0.2, 0.25) is 5.02 Å². The van der Waals surface area contributed by atoms with E-state index in [1.54, 1.807) is 54.6 Å². The van der Waals surface area contributed by atoms with Crippen LogP contribution in [0.3, 0.4) is 0 Å². The Hall–Kier alpha value is -3.36. The van der Waals surface area contributed by atoms with Crippen molar-refractivity contribution in [2.75, 3.05) is 13.7 Å². The zero-order chi connectivity index (χ0) is 22.9. The molecule has 0 heterocycles. The molecule has 0 bridgehead atoms. The summed E-state index contributed by atoms with van der Waals surface area (Å²) in [6.07, 6.45) is 1.43. The van der Waals surface area contributed by atoms with Gasteiger partial charge in [0.05, 0.1) is 23.9 Å². The molecule has 164 valence electrons. The van der Waals surface area contributed by atoms with Crippen molar-refractivity contribution in [3.8, 4) is 17.2 Å². The van der Waals surface area contributed by atoms with Crippen molar-refractivity contribution in [1.29, 1.82) is 0 Å². The third kappa shape index (κ3) is 6.57. The van der Waals surface area contributed by atoms with Gasteiger partial charge in [0, 0.05) is 4.47 Å². The number of nitrogens with zero attached hydrogens (tertiary/aromatic N) is 1. The predicted octanol–water partition coefficient (Wildman–Crippen LogP) is 4.86. The number of rotatable bonds is 8. The summed E-state index contributed by atoms with van der Waals surface area (Å²) in [7, 11) is 1.45. The summed E-state index contributed by atoms with van der Waals surface area (Å²) in [5, 5.41) is 4.19. The molecule has 0 aliphatic carbocycles. The van der Waals surface area contributed by atoms with Crippen molar-refractivity contribution in [3.05, 3.63) is 87.4 Å². The topological polar surface area (TPSA) is 86.2 Å². The molecule has 3 aromatic rings. The van der Waals surface area contributed by atoms with Crippen LogP contribution in [0.15, 0.2) is 76.3 Å². The fourth-order valence-electron chi connectivity index (χ4n) is 2.52. The predicted molar refractivity (Wildman–Crippen MR) is 125 cm³/mol. The first-order valence-electron chi connectivity index (χ1n) is 9.31. The molecule has 7 nitrogen and oxygen atoms in total. The Bertz CT molecular complexity index is 1140. The van der Waals surface area contributed by atoms with E-state index in [0.29, 0.717) is 22.1 Å². The summed E-state index contributed by atoms with van der Waals surface area (Å²) in [6.45, 7) is -0.181. The molecule has 0 saturated heterocycles. The Kier molecular flexibility index (Phi) is 8.24. The van der Waals surface area contributed by atoms with E-state index in [1.807, 2.05) is 12.1 Å². The van der Waals surface area contributed by atoms with E-state index in [1.165, 1.54) is 13.3 Å². The number of ether oxygens (including phenoxy) is 3. The summed E-state index contributed by atoms with van der Waals surface area (Å²) >= 11 is 9.36. The molecule has 1 amide bonds. The smallest absolute Gasteiger partial charge is 0.345 e. The van der Waals surface area contributed by atoms with Crippen molar-refractivity contribution in [1.82, 2.24) is 5.43 Å². The highest BCUT2D eigenvalue weighted by molar-refractivity contribution is 9.10. The van der Waals surface area contributed by atoms with E-state index < -0.39 is 11.9 Å². The molecule has 0 unspecified atom stereocenters. The third-order valence-electron chi connectivity index (χ3n) is 4.07. The number of methoxy groups -OCH3 is 1. The lowest BCUT2D eigenvalue weighted by molar-refractivity contribution is -0.123. The number of amides is 1. The van der Waals surface area contributed by atoms with Gasteiger partial charge in [0.1, 0.15) is 5.75 Å². The summed E-state index contributed by atoms with van der Waals surface area (Å²) < 4.78 is 17.0. The summed E-state index contributed by atoms with van der Waals surface area (Å²) in [5.74, 6) is 0.0922. The zero-order valence-electron chi connectivity index (χ0n) is 16.9. The van der Waals surface area contributed by atoms with Crippen LogP contribution in [0.1, 0.15) is 15.9 Å². The second kappa shape index (κ2) is 11.3. The van der Waals surface area contributed by atoms with E-state index in [-0.39, 0.29) is 17.9 Å². The molecule has 9 heteroatoms. The van der Waals surface area contributed by atoms with Crippen molar-refractivity contribution in [2.45, 2.75) is 0 Å². The highest BCUT2D eigenvalue weighted by atomic mass is 79.9. The van der Waals surface area contributed by atoms with Gasteiger partial charge in [0.15, 0.2) is 18.1 Å². The molecule has 0 spiro atoms. The van der Waals surface area contributed by atoms with E-state index in [0.717, 1.165) is 4.47 Å². The summed E-state index contributed by atoms with van der Waals surface area (Å²) in [6, 6.07) is 18.5. The fraction of sp³-hybridized carbons (Fsp3) is 0.0870. The number of hydrazone groups is 1. The van der Waals surface area contributed by atoms with Gasteiger partial charge < -0.3 is 14.2 Å². The number of carbonyl (C=O) groups excluding carboxylic acids is 2. The Balaban J connectivity index is 1.57. The summed E-state index contributed by atoms with van der Waals surface area (Å²) in [4.78, 5) is 24.2. The van der Waals surface area contributed by atoms with Gasteiger partial charge in [-0.1, -0.05) is 39.7 Å². The lowest BCUT2D eigenvalue weighted by Gasteiger charge is -2.10. The van der Waals surface area contributed by atoms with Crippen LogP contribution in [0.4, 0.5) is 0 Å². The number of halogens is 2. The van der Waals surface area contributed by atoms with Crippen molar-refractivity contribution in [3.63, 3.8) is 0 Å². The second-order valence-corrected chi connectivity index (χ2v) is 7.64. The highest BCUT2D eigenvalue weighted by Gasteiger charge is 2.15. The number of esters is 1. The molecule has 0 aliphatic rings. The molecule has 0 saturated carbocycles. The van der Waals surface area contributed by atoms with Gasteiger partial charge in [-0.2, -0.15) is 5.10 Å². The molecule has 0 aromatic heterocycles. The van der Waals surface area contributed by atoms with Crippen LogP contribution in [-0.2, 0) is 4.79 Å². The second-order valence-electron chi connectivity index (χ2n) is 6.32. The number of hydrogen-bond donors (Lipinski definition) is 1. The number of hydrogen-bond acceptors (Lipinski definition) is 6. The Morgan fingerprint density at radius 2 is 1.81 bits per heavy atom. The van der Waals surface area contributed by atoms with Crippen LogP contribution in [0, 0.1) is 0 Å². The van der Waals surface area contributed by atoms with Crippen LogP contribution in [-0.4, -0.2) is 31.8 Å². The van der Waals surface area contributed by atoms with Crippen molar-refractivity contribution < 1.29 is 23.8 Å². The van der Waals surface area contributed by atoms with E-state index in [4.69, 9.17) is 25.8 Å². The molecule has 32 heavy (non-hydrogen) atoms. The van der Waals surface area contributed by atoms with Gasteiger partial charge in [-0.3, -0.25) is 4.79 Å². The molecule has 0 atom stereocenters. The quantitative estimate of drug-likeness (QED) is 0.200. The number of benzene rings is 3. The van der Waals surface area contributed by atoms with E-state index in [2.05, 4.69) is 26.5 Å². The van der Waals surface area contributed by atoms with Crippen molar-refractivity contribution >= 4 is 45.6 Å². The number of carbonyl (C=O) groups is 2. The molecular formula is C23H18BrClN2O5. The van der Waals surface area contributed by atoms with E-state index in [9.17, 15) is 9.59 Å². The Morgan fingerprint density at radius 1 is 1.06 bits per heavy atom. The van der Waals surface area contributed by atoms with Gasteiger partial charge in [0.25, 0.3) is 5.91 Å². The maximum absolute atomic E-state index is 12.4. The lowest BCUT2D eigenvalue weighted by atomic mass is 10.2. The van der Waals surface area contributed by atoms with Gasteiger partial charge in [-0.05, 0) is 60.2 Å². The zero-order valence-corrected chi connectivity index (χ0v) is 19.2. The molecule has 1 N–H and O–H groups in total. The van der Waals surface area contributed by atoms with Crippen LogP contribution in [0.5, 0.6) is 17.2 Å². The maximum Gasteiger partial charge on any atom is 0.345 e. The normalized spacial score (nSPS) is 10.6. The fourth-order valence-corrected chi connectivity index (χ4v) is 3.00. The molecule has 3 rings (SSSR count). The molecule has 0 radical (unpaired) electrons. The molecule has 3 aromatic carbocycles. The Morgan fingerprint density at radius 3 is 2.53 bits per heavy atom. The average Bonchev–Trinajstić information content (AvgIpc) is 2.79. The highest BCUT2D eigenvalue weighted by Crippen LogP contribution is 2.29. The minimum Gasteiger partial charge on any atom is -0.493 e. The minimum absolute atomic E-state index is 0.181. The standard InChI is InChI=1S/C23H18BrClN2O5/c1-30-21-12-15(6-11-20(21)32-23(29)18-4-2-3-5-19(18)25)13-26-27-22(28)14-31-17-9-7-16(24)8-10-17/h2-13H,14H2,1H3,(H,27,28). The van der Waals surface area contributed by atoms with Crippen LogP contribution >= 0.6 is 27.5 Å². The third-order valence-corrected chi connectivity index (χ3v) is 4.93. The SMILES string of the molecule is COc1cc(C=NNC(=O)COc2ccc(Br)cc2)ccc1OC(=O)c1ccccc1Cl.